The Morgan fingerprint density at radius 1 is 1.44 bits per heavy atom. The fraction of sp³-hybridized carbons (Fsp3) is 0.455. The smallest absolute Gasteiger partial charge is 0.303 e. The van der Waals surface area contributed by atoms with Gasteiger partial charge in [-0.1, -0.05) is 13.3 Å². The SMILES string of the molecule is CCC(CNc1ccc(C(N)=O)nn1)CC(=O)O. The van der Waals surface area contributed by atoms with Crippen molar-refractivity contribution in [1.29, 1.82) is 0 Å². The van der Waals surface area contributed by atoms with Crippen LogP contribution in [0.5, 0.6) is 0 Å². The van der Waals surface area contributed by atoms with Crippen molar-refractivity contribution in [3.8, 4) is 0 Å². The number of nitrogens with one attached hydrogen (secondary N) is 1. The fourth-order valence-electron chi connectivity index (χ4n) is 1.41. The lowest BCUT2D eigenvalue weighted by Gasteiger charge is -2.13. The summed E-state index contributed by atoms with van der Waals surface area (Å²) < 4.78 is 0. The van der Waals surface area contributed by atoms with Gasteiger partial charge in [0, 0.05) is 13.0 Å². The predicted molar refractivity (Wildman–Crippen MR) is 65.1 cm³/mol. The van der Waals surface area contributed by atoms with Crippen LogP contribution in [0.25, 0.3) is 0 Å². The summed E-state index contributed by atoms with van der Waals surface area (Å²) in [6.45, 7) is 2.42. The summed E-state index contributed by atoms with van der Waals surface area (Å²) in [5.41, 5.74) is 5.13. The molecule has 0 aromatic carbocycles. The highest BCUT2D eigenvalue weighted by Gasteiger charge is 2.11. The summed E-state index contributed by atoms with van der Waals surface area (Å²) >= 11 is 0. The molecule has 0 bridgehead atoms. The molecule has 0 aliphatic carbocycles. The zero-order valence-electron chi connectivity index (χ0n) is 10.1. The van der Waals surface area contributed by atoms with Crippen LogP contribution in [0.1, 0.15) is 30.3 Å². The van der Waals surface area contributed by atoms with E-state index in [9.17, 15) is 9.59 Å². The minimum absolute atomic E-state index is 0.0279. The van der Waals surface area contributed by atoms with Gasteiger partial charge in [0.1, 0.15) is 5.82 Å². The van der Waals surface area contributed by atoms with Gasteiger partial charge in [0.2, 0.25) is 0 Å². The van der Waals surface area contributed by atoms with Gasteiger partial charge in [0.15, 0.2) is 5.69 Å². The molecule has 1 aromatic rings. The van der Waals surface area contributed by atoms with E-state index in [1.807, 2.05) is 6.92 Å². The summed E-state index contributed by atoms with van der Waals surface area (Å²) in [4.78, 5) is 21.4. The molecule has 0 saturated carbocycles. The first-order valence-corrected chi connectivity index (χ1v) is 5.62. The van der Waals surface area contributed by atoms with Crippen LogP contribution in [0.3, 0.4) is 0 Å². The molecule has 1 rings (SSSR count). The third-order valence-corrected chi connectivity index (χ3v) is 2.53. The number of amides is 1. The number of nitrogens with two attached hydrogens (primary N) is 1. The van der Waals surface area contributed by atoms with Crippen LogP contribution in [0.2, 0.25) is 0 Å². The first-order valence-electron chi connectivity index (χ1n) is 5.62. The van der Waals surface area contributed by atoms with Gasteiger partial charge >= 0.3 is 5.97 Å². The van der Waals surface area contributed by atoms with Gasteiger partial charge in [-0.15, -0.1) is 10.2 Å². The number of aromatic nitrogens is 2. The van der Waals surface area contributed by atoms with Crippen molar-refractivity contribution in [2.24, 2.45) is 11.7 Å². The number of hydrogen-bond acceptors (Lipinski definition) is 5. The number of hydrogen-bond donors (Lipinski definition) is 3. The number of anilines is 1. The van der Waals surface area contributed by atoms with E-state index in [2.05, 4.69) is 15.5 Å². The summed E-state index contributed by atoms with van der Waals surface area (Å²) in [6.07, 6.45) is 0.863. The third kappa shape index (κ3) is 4.36. The van der Waals surface area contributed by atoms with E-state index in [0.29, 0.717) is 12.4 Å². The first kappa shape index (κ1) is 13.9. The van der Waals surface area contributed by atoms with E-state index >= 15 is 0 Å². The largest absolute Gasteiger partial charge is 0.481 e. The summed E-state index contributed by atoms with van der Waals surface area (Å²) in [5, 5.41) is 19.1. The van der Waals surface area contributed by atoms with Gasteiger partial charge in [0.25, 0.3) is 5.91 Å². The fourth-order valence-corrected chi connectivity index (χ4v) is 1.41. The molecule has 0 saturated heterocycles. The van der Waals surface area contributed by atoms with Gasteiger partial charge < -0.3 is 16.2 Å². The molecule has 0 fully saturated rings. The zero-order chi connectivity index (χ0) is 13.5. The molecule has 0 radical (unpaired) electrons. The Bertz CT molecular complexity index is 419. The molecule has 0 aliphatic heterocycles. The molecule has 4 N–H and O–H groups in total. The second kappa shape index (κ2) is 6.53. The molecule has 0 spiro atoms. The Labute approximate surface area is 104 Å². The minimum atomic E-state index is -0.821. The Morgan fingerprint density at radius 2 is 2.17 bits per heavy atom. The number of rotatable bonds is 7. The number of carbonyl (C=O) groups is 2. The average Bonchev–Trinajstić information content (AvgIpc) is 2.34. The summed E-state index contributed by atoms with van der Waals surface area (Å²) in [6, 6.07) is 3.05. The van der Waals surface area contributed by atoms with Gasteiger partial charge in [0.05, 0.1) is 0 Å². The number of nitrogens with zero attached hydrogens (tertiary/aromatic N) is 2. The van der Waals surface area contributed by atoms with Crippen molar-refractivity contribution in [2.75, 3.05) is 11.9 Å². The average molecular weight is 252 g/mol. The Morgan fingerprint density at radius 3 is 2.61 bits per heavy atom. The molecule has 1 heterocycles. The second-order valence-corrected chi connectivity index (χ2v) is 3.92. The first-order chi connectivity index (χ1) is 8.52. The monoisotopic (exact) mass is 252 g/mol. The van der Waals surface area contributed by atoms with Crippen molar-refractivity contribution in [3.05, 3.63) is 17.8 Å². The number of carbonyl (C=O) groups excluding carboxylic acids is 1. The summed E-state index contributed by atoms with van der Waals surface area (Å²) in [7, 11) is 0. The molecule has 98 valence electrons. The van der Waals surface area contributed by atoms with Crippen LogP contribution in [0.4, 0.5) is 5.82 Å². The van der Waals surface area contributed by atoms with E-state index in [4.69, 9.17) is 10.8 Å². The van der Waals surface area contributed by atoms with E-state index in [0.717, 1.165) is 6.42 Å². The molecule has 0 aliphatic rings. The van der Waals surface area contributed by atoms with E-state index < -0.39 is 11.9 Å². The number of carboxylic acids is 1. The number of primary amides is 1. The van der Waals surface area contributed by atoms with Crippen LogP contribution in [-0.2, 0) is 4.79 Å². The van der Waals surface area contributed by atoms with Crippen molar-refractivity contribution in [1.82, 2.24) is 10.2 Å². The van der Waals surface area contributed by atoms with Crippen molar-refractivity contribution < 1.29 is 14.7 Å². The van der Waals surface area contributed by atoms with Crippen molar-refractivity contribution in [3.63, 3.8) is 0 Å². The highest BCUT2D eigenvalue weighted by molar-refractivity contribution is 5.90. The number of carboxylic acid groups (broad SMARTS) is 1. The van der Waals surface area contributed by atoms with E-state index in [1.165, 1.54) is 6.07 Å². The predicted octanol–water partition coefficient (Wildman–Crippen LogP) is 0.488. The molecule has 18 heavy (non-hydrogen) atoms. The number of aliphatic carboxylic acids is 1. The zero-order valence-corrected chi connectivity index (χ0v) is 10.1. The topological polar surface area (TPSA) is 118 Å². The Balaban J connectivity index is 2.52. The second-order valence-electron chi connectivity index (χ2n) is 3.92. The lowest BCUT2D eigenvalue weighted by molar-refractivity contribution is -0.138. The van der Waals surface area contributed by atoms with Crippen LogP contribution in [-0.4, -0.2) is 33.7 Å². The van der Waals surface area contributed by atoms with Crippen LogP contribution in [0.15, 0.2) is 12.1 Å². The molecule has 7 heteroatoms. The van der Waals surface area contributed by atoms with Gasteiger partial charge in [-0.2, -0.15) is 0 Å². The lowest BCUT2D eigenvalue weighted by atomic mass is 10.0. The maximum Gasteiger partial charge on any atom is 0.303 e. The van der Waals surface area contributed by atoms with E-state index in [-0.39, 0.29) is 18.0 Å². The lowest BCUT2D eigenvalue weighted by Crippen LogP contribution is -2.19. The van der Waals surface area contributed by atoms with E-state index in [1.54, 1.807) is 6.07 Å². The van der Waals surface area contributed by atoms with Crippen LogP contribution in [0, 0.1) is 5.92 Å². The molecule has 1 atom stereocenters. The Kier molecular flexibility index (Phi) is 5.04. The van der Waals surface area contributed by atoms with Crippen molar-refractivity contribution >= 4 is 17.7 Å². The molecular formula is C11H16N4O3. The van der Waals surface area contributed by atoms with Gasteiger partial charge in [-0.3, -0.25) is 9.59 Å². The standard InChI is InChI=1S/C11H16N4O3/c1-2-7(5-10(16)17)6-13-9-4-3-8(11(12)18)14-15-9/h3-4,7H,2,5-6H2,1H3,(H2,12,18)(H,13,15)(H,16,17). The molecular weight excluding hydrogens is 236 g/mol. The maximum atomic E-state index is 10.8. The maximum absolute atomic E-state index is 10.8. The Hall–Kier alpha value is -2.18. The molecule has 7 nitrogen and oxygen atoms in total. The molecule has 1 aromatic heterocycles. The highest BCUT2D eigenvalue weighted by atomic mass is 16.4. The molecule has 1 unspecified atom stereocenters. The highest BCUT2D eigenvalue weighted by Crippen LogP contribution is 2.10. The summed E-state index contributed by atoms with van der Waals surface area (Å²) in [5.74, 6) is -0.936. The third-order valence-electron chi connectivity index (χ3n) is 2.53. The normalized spacial score (nSPS) is 11.8. The van der Waals surface area contributed by atoms with Gasteiger partial charge in [-0.05, 0) is 18.1 Å². The van der Waals surface area contributed by atoms with Gasteiger partial charge in [-0.25, -0.2) is 0 Å². The van der Waals surface area contributed by atoms with Crippen LogP contribution >= 0.6 is 0 Å². The van der Waals surface area contributed by atoms with Crippen molar-refractivity contribution in [2.45, 2.75) is 19.8 Å². The quantitative estimate of drug-likeness (QED) is 0.649. The minimum Gasteiger partial charge on any atom is -0.481 e. The molecule has 1 amide bonds. The van der Waals surface area contributed by atoms with Crippen LogP contribution < -0.4 is 11.1 Å².